The van der Waals surface area contributed by atoms with Crippen molar-refractivity contribution < 1.29 is 14.6 Å². The molecule has 0 aromatic heterocycles. The van der Waals surface area contributed by atoms with E-state index in [1.807, 2.05) is 25.1 Å². The molecule has 1 N–H and O–H groups in total. The van der Waals surface area contributed by atoms with E-state index in [0.717, 1.165) is 35.0 Å². The summed E-state index contributed by atoms with van der Waals surface area (Å²) in [5.74, 6) is 1.23. The fourth-order valence-electron chi connectivity index (χ4n) is 3.83. The third kappa shape index (κ3) is 4.44. The van der Waals surface area contributed by atoms with Crippen LogP contribution in [0.3, 0.4) is 0 Å². The van der Waals surface area contributed by atoms with Crippen LogP contribution < -0.4 is 4.74 Å². The summed E-state index contributed by atoms with van der Waals surface area (Å²) in [5, 5.41) is 9.55. The van der Waals surface area contributed by atoms with Gasteiger partial charge in [-0.2, -0.15) is 0 Å². The molecule has 1 saturated heterocycles. The van der Waals surface area contributed by atoms with Gasteiger partial charge in [0.1, 0.15) is 5.75 Å². The summed E-state index contributed by atoms with van der Waals surface area (Å²) in [4.78, 5) is 13.3. The Morgan fingerprint density at radius 3 is 2.75 bits per heavy atom. The first-order valence-corrected chi connectivity index (χ1v) is 9.38. The summed E-state index contributed by atoms with van der Waals surface area (Å²) in [6.07, 6.45) is 2.06. The molecular formula is C19H28BrNO3. The van der Waals surface area contributed by atoms with Gasteiger partial charge in [0.25, 0.3) is 0 Å². The zero-order valence-electron chi connectivity index (χ0n) is 15.0. The summed E-state index contributed by atoms with van der Waals surface area (Å²) in [7, 11) is 0. The van der Waals surface area contributed by atoms with Gasteiger partial charge in [-0.1, -0.05) is 42.8 Å². The average molecular weight is 398 g/mol. The molecule has 5 heteroatoms. The third-order valence-electron chi connectivity index (χ3n) is 4.85. The van der Waals surface area contributed by atoms with Crippen molar-refractivity contribution in [1.82, 2.24) is 4.90 Å². The van der Waals surface area contributed by atoms with Crippen molar-refractivity contribution >= 4 is 22.0 Å². The number of halogens is 1. The maximum Gasteiger partial charge on any atom is 0.407 e. The van der Waals surface area contributed by atoms with E-state index in [9.17, 15) is 9.90 Å². The van der Waals surface area contributed by atoms with Crippen LogP contribution in [0.2, 0.25) is 0 Å². The van der Waals surface area contributed by atoms with Crippen molar-refractivity contribution in [2.75, 3.05) is 13.2 Å². The summed E-state index contributed by atoms with van der Waals surface area (Å²) in [6, 6.07) is 5.99. The van der Waals surface area contributed by atoms with Crippen LogP contribution >= 0.6 is 15.9 Å². The number of rotatable bonds is 4. The lowest BCUT2D eigenvalue weighted by Crippen LogP contribution is -2.54. The Bertz CT molecular complexity index is 582. The minimum atomic E-state index is -0.802. The minimum Gasteiger partial charge on any atom is -0.493 e. The molecule has 2 atom stereocenters. The highest BCUT2D eigenvalue weighted by molar-refractivity contribution is 9.10. The molecule has 1 aliphatic rings. The Kier molecular flexibility index (Phi) is 6.18. The van der Waals surface area contributed by atoms with Crippen LogP contribution in [-0.4, -0.2) is 35.3 Å². The second kappa shape index (κ2) is 7.77. The van der Waals surface area contributed by atoms with Gasteiger partial charge in [0.15, 0.2) is 0 Å². The van der Waals surface area contributed by atoms with Gasteiger partial charge in [-0.05, 0) is 49.7 Å². The standard InChI is InChI=1S/C19H28BrNO3/c1-13-15(20)8-5-9-16(13)24-12-10-14-7-6-11-21(18(22)23)17(14)19(2,3)4/h5,8-9,14,17H,6-7,10-12H2,1-4H3,(H,22,23)/t14?,17-/m0/s1. The number of carboxylic acid groups (broad SMARTS) is 1. The van der Waals surface area contributed by atoms with Crippen molar-refractivity contribution in [1.29, 1.82) is 0 Å². The maximum absolute atomic E-state index is 11.6. The van der Waals surface area contributed by atoms with Crippen LogP contribution in [0.1, 0.15) is 45.6 Å². The SMILES string of the molecule is Cc1c(Br)cccc1OCCC1CCCN(C(=O)O)[C@@H]1C(C)(C)C. The first kappa shape index (κ1) is 19.1. The summed E-state index contributed by atoms with van der Waals surface area (Å²) in [6.45, 7) is 9.67. The van der Waals surface area contributed by atoms with Gasteiger partial charge in [0.05, 0.1) is 6.61 Å². The van der Waals surface area contributed by atoms with Gasteiger partial charge in [-0.25, -0.2) is 4.79 Å². The van der Waals surface area contributed by atoms with Crippen LogP contribution in [0.5, 0.6) is 5.75 Å². The molecule has 0 saturated carbocycles. The van der Waals surface area contributed by atoms with E-state index in [4.69, 9.17) is 4.74 Å². The average Bonchev–Trinajstić information content (AvgIpc) is 2.50. The summed E-state index contributed by atoms with van der Waals surface area (Å²) < 4.78 is 7.02. The molecule has 134 valence electrons. The highest BCUT2D eigenvalue weighted by atomic mass is 79.9. The number of likely N-dealkylation sites (tertiary alicyclic amines) is 1. The van der Waals surface area contributed by atoms with E-state index in [0.29, 0.717) is 19.1 Å². The molecule has 4 nitrogen and oxygen atoms in total. The van der Waals surface area contributed by atoms with Crippen LogP contribution in [0.25, 0.3) is 0 Å². The molecule has 1 fully saturated rings. The number of hydrogen-bond donors (Lipinski definition) is 1. The van der Waals surface area contributed by atoms with Crippen molar-refractivity contribution in [3.8, 4) is 5.75 Å². The van der Waals surface area contributed by atoms with E-state index in [1.165, 1.54) is 0 Å². The zero-order valence-corrected chi connectivity index (χ0v) is 16.6. The van der Waals surface area contributed by atoms with Gasteiger partial charge in [0, 0.05) is 22.6 Å². The van der Waals surface area contributed by atoms with E-state index in [1.54, 1.807) is 4.90 Å². The quantitative estimate of drug-likeness (QED) is 0.746. The second-order valence-electron chi connectivity index (χ2n) is 7.69. The van der Waals surface area contributed by atoms with Gasteiger partial charge in [-0.3, -0.25) is 0 Å². The fourth-order valence-corrected chi connectivity index (χ4v) is 4.18. The number of amides is 1. The lowest BCUT2D eigenvalue weighted by Gasteiger charge is -2.47. The van der Waals surface area contributed by atoms with Gasteiger partial charge in [-0.15, -0.1) is 0 Å². The fraction of sp³-hybridized carbons (Fsp3) is 0.632. The molecular weight excluding hydrogens is 370 g/mol. The van der Waals surface area contributed by atoms with Gasteiger partial charge in [0.2, 0.25) is 0 Å². The smallest absolute Gasteiger partial charge is 0.407 e. The predicted molar refractivity (Wildman–Crippen MR) is 99.7 cm³/mol. The lowest BCUT2D eigenvalue weighted by molar-refractivity contribution is 0.0159. The van der Waals surface area contributed by atoms with Crippen LogP contribution in [0, 0.1) is 18.3 Å². The predicted octanol–water partition coefficient (Wildman–Crippen LogP) is 5.33. The summed E-state index contributed by atoms with van der Waals surface area (Å²) in [5.41, 5.74) is 1.02. The van der Waals surface area contributed by atoms with Crippen LogP contribution in [-0.2, 0) is 0 Å². The maximum atomic E-state index is 11.6. The number of carbonyl (C=O) groups is 1. The topological polar surface area (TPSA) is 49.8 Å². The van der Waals surface area contributed by atoms with Gasteiger partial charge >= 0.3 is 6.09 Å². The van der Waals surface area contributed by atoms with E-state index in [-0.39, 0.29) is 11.5 Å². The molecule has 0 aliphatic carbocycles. The van der Waals surface area contributed by atoms with Crippen molar-refractivity contribution in [2.24, 2.45) is 11.3 Å². The largest absolute Gasteiger partial charge is 0.493 e. The summed E-state index contributed by atoms with van der Waals surface area (Å²) >= 11 is 3.52. The first-order chi connectivity index (χ1) is 11.2. The molecule has 1 aromatic rings. The molecule has 1 unspecified atom stereocenters. The molecule has 0 bridgehead atoms. The van der Waals surface area contributed by atoms with Gasteiger partial charge < -0.3 is 14.7 Å². The molecule has 1 amide bonds. The Morgan fingerprint density at radius 1 is 1.42 bits per heavy atom. The second-order valence-corrected chi connectivity index (χ2v) is 8.54. The highest BCUT2D eigenvalue weighted by Crippen LogP contribution is 2.38. The monoisotopic (exact) mass is 397 g/mol. The highest BCUT2D eigenvalue weighted by Gasteiger charge is 2.41. The molecule has 24 heavy (non-hydrogen) atoms. The molecule has 0 spiro atoms. The normalized spacial score (nSPS) is 21.6. The van der Waals surface area contributed by atoms with E-state index < -0.39 is 6.09 Å². The van der Waals surface area contributed by atoms with Crippen LogP contribution in [0.4, 0.5) is 4.79 Å². The number of benzene rings is 1. The molecule has 2 rings (SSSR count). The van der Waals surface area contributed by atoms with Crippen LogP contribution in [0.15, 0.2) is 22.7 Å². The van der Waals surface area contributed by atoms with E-state index in [2.05, 4.69) is 36.7 Å². The number of piperidine rings is 1. The molecule has 0 radical (unpaired) electrons. The molecule has 1 aliphatic heterocycles. The Hall–Kier alpha value is -1.23. The van der Waals surface area contributed by atoms with Crippen molar-refractivity contribution in [2.45, 2.75) is 53.0 Å². The lowest BCUT2D eigenvalue weighted by atomic mass is 9.73. The Balaban J connectivity index is 2.04. The number of hydrogen-bond acceptors (Lipinski definition) is 2. The minimum absolute atomic E-state index is 0.0379. The Morgan fingerprint density at radius 2 is 2.12 bits per heavy atom. The zero-order chi connectivity index (χ0) is 17.9. The molecule has 1 heterocycles. The first-order valence-electron chi connectivity index (χ1n) is 8.59. The number of ether oxygens (including phenoxy) is 1. The number of nitrogens with zero attached hydrogens (tertiary/aromatic N) is 1. The Labute approximate surface area is 153 Å². The van der Waals surface area contributed by atoms with Crippen molar-refractivity contribution in [3.63, 3.8) is 0 Å². The third-order valence-corrected chi connectivity index (χ3v) is 5.71. The van der Waals surface area contributed by atoms with E-state index >= 15 is 0 Å². The van der Waals surface area contributed by atoms with Crippen molar-refractivity contribution in [3.05, 3.63) is 28.2 Å². The molecule has 1 aromatic carbocycles.